The van der Waals surface area contributed by atoms with E-state index in [-0.39, 0.29) is 12.4 Å². The first-order chi connectivity index (χ1) is 16.0. The number of esters is 1. The second-order valence-corrected chi connectivity index (χ2v) is 8.02. The van der Waals surface area contributed by atoms with Crippen LogP contribution in [-0.2, 0) is 17.7 Å². The van der Waals surface area contributed by atoms with Crippen molar-refractivity contribution in [3.05, 3.63) is 64.8 Å². The Morgan fingerprint density at radius 3 is 2.61 bits per heavy atom. The number of ether oxygens (including phenoxy) is 3. The molecule has 0 bridgehead atoms. The van der Waals surface area contributed by atoms with Crippen molar-refractivity contribution in [2.45, 2.75) is 26.3 Å². The summed E-state index contributed by atoms with van der Waals surface area (Å²) in [5.41, 5.74) is 3.49. The molecule has 0 N–H and O–H groups in total. The molecule has 2 heterocycles. The Kier molecular flexibility index (Phi) is 6.89. The number of methoxy groups -OCH3 is 2. The monoisotopic (exact) mass is 448 g/mol. The van der Waals surface area contributed by atoms with Gasteiger partial charge < -0.3 is 14.2 Å². The van der Waals surface area contributed by atoms with Gasteiger partial charge >= 0.3 is 5.97 Å². The number of aromatic nitrogens is 1. The maximum Gasteiger partial charge on any atom is 0.339 e. The third-order valence-electron chi connectivity index (χ3n) is 5.91. The van der Waals surface area contributed by atoms with Gasteiger partial charge in [0.1, 0.15) is 0 Å². The van der Waals surface area contributed by atoms with E-state index >= 15 is 0 Å². The molecule has 4 rings (SSSR count). The first-order valence-corrected chi connectivity index (χ1v) is 11.1. The molecule has 0 unspecified atom stereocenters. The van der Waals surface area contributed by atoms with Gasteiger partial charge in [0.05, 0.1) is 25.3 Å². The van der Waals surface area contributed by atoms with Gasteiger partial charge in [0.25, 0.3) is 0 Å². The van der Waals surface area contributed by atoms with E-state index in [9.17, 15) is 9.59 Å². The van der Waals surface area contributed by atoms with Gasteiger partial charge in [0.2, 0.25) is 0 Å². The Morgan fingerprint density at radius 2 is 1.85 bits per heavy atom. The molecular weight excluding hydrogens is 420 g/mol. The number of ketones is 1. The highest BCUT2D eigenvalue weighted by molar-refractivity contribution is 6.06. The number of benzene rings is 2. The third-order valence-corrected chi connectivity index (χ3v) is 5.91. The van der Waals surface area contributed by atoms with E-state index in [4.69, 9.17) is 19.2 Å². The molecule has 3 aromatic rings. The maximum atomic E-state index is 13.3. The summed E-state index contributed by atoms with van der Waals surface area (Å²) in [5.74, 6) is 0.151. The van der Waals surface area contributed by atoms with Crippen molar-refractivity contribution >= 4 is 22.7 Å². The fourth-order valence-electron chi connectivity index (χ4n) is 4.28. The lowest BCUT2D eigenvalue weighted by Crippen LogP contribution is -2.33. The average molecular weight is 449 g/mol. The molecular formula is C26H28N2O5. The molecule has 2 aromatic carbocycles. The van der Waals surface area contributed by atoms with E-state index in [1.807, 2.05) is 24.3 Å². The Labute approximate surface area is 193 Å². The van der Waals surface area contributed by atoms with Crippen molar-refractivity contribution in [3.63, 3.8) is 0 Å². The van der Waals surface area contributed by atoms with Gasteiger partial charge in [-0.2, -0.15) is 0 Å². The van der Waals surface area contributed by atoms with Crippen LogP contribution < -0.4 is 9.47 Å². The summed E-state index contributed by atoms with van der Waals surface area (Å²) in [5, 5.41) is 0.748. The number of carbonyl (C=O) groups excluding carboxylic acids is 2. The summed E-state index contributed by atoms with van der Waals surface area (Å²) in [6.07, 6.45) is 1.82. The normalized spacial score (nSPS) is 13.4. The highest BCUT2D eigenvalue weighted by atomic mass is 16.5. The number of carbonyl (C=O) groups is 2. The molecule has 33 heavy (non-hydrogen) atoms. The van der Waals surface area contributed by atoms with Crippen LogP contribution in [-0.4, -0.2) is 55.6 Å². The van der Waals surface area contributed by atoms with Gasteiger partial charge in [0, 0.05) is 41.7 Å². The number of nitrogens with zero attached hydrogens (tertiary/aromatic N) is 2. The zero-order chi connectivity index (χ0) is 23.4. The topological polar surface area (TPSA) is 78.0 Å². The Balaban J connectivity index is 1.60. The van der Waals surface area contributed by atoms with Gasteiger partial charge in [-0.1, -0.05) is 25.1 Å². The fraction of sp³-hybridized carbons (Fsp3) is 0.346. The minimum atomic E-state index is -0.503. The number of hydrogen-bond acceptors (Lipinski definition) is 7. The minimum Gasteiger partial charge on any atom is -0.493 e. The lowest BCUT2D eigenvalue weighted by Gasteiger charge is -2.29. The number of para-hydroxylation sites is 1. The predicted octanol–water partition coefficient (Wildman–Crippen LogP) is 4.06. The molecule has 0 spiro atoms. The van der Waals surface area contributed by atoms with Crippen LogP contribution in [0.4, 0.5) is 0 Å². The van der Waals surface area contributed by atoms with Crippen molar-refractivity contribution in [3.8, 4) is 11.5 Å². The van der Waals surface area contributed by atoms with E-state index in [1.165, 1.54) is 14.2 Å². The molecule has 172 valence electrons. The average Bonchev–Trinajstić information content (AvgIpc) is 2.85. The molecule has 1 aliphatic heterocycles. The van der Waals surface area contributed by atoms with Crippen molar-refractivity contribution in [1.29, 1.82) is 0 Å². The Bertz CT molecular complexity index is 1190. The molecule has 0 atom stereocenters. The lowest BCUT2D eigenvalue weighted by molar-refractivity contribution is 0.0474. The number of hydrogen-bond donors (Lipinski definition) is 0. The number of Topliss-reactive ketones (excluding diaryl/α,β-unsaturated/α-hetero) is 1. The number of pyridine rings is 1. The Morgan fingerprint density at radius 1 is 1.06 bits per heavy atom. The minimum absolute atomic E-state index is 0.316. The van der Waals surface area contributed by atoms with E-state index < -0.39 is 5.97 Å². The van der Waals surface area contributed by atoms with Gasteiger partial charge in [-0.15, -0.1) is 0 Å². The summed E-state index contributed by atoms with van der Waals surface area (Å²) < 4.78 is 16.0. The number of rotatable bonds is 8. The van der Waals surface area contributed by atoms with Crippen LogP contribution in [0.3, 0.4) is 0 Å². The van der Waals surface area contributed by atoms with Crippen LogP contribution in [0.25, 0.3) is 10.9 Å². The molecule has 0 radical (unpaired) electrons. The van der Waals surface area contributed by atoms with Crippen molar-refractivity contribution in [2.75, 3.05) is 33.9 Å². The van der Waals surface area contributed by atoms with E-state index in [0.29, 0.717) is 29.2 Å². The molecule has 1 aromatic heterocycles. The summed E-state index contributed by atoms with van der Waals surface area (Å²) >= 11 is 0. The molecule has 7 nitrogen and oxygen atoms in total. The summed E-state index contributed by atoms with van der Waals surface area (Å²) in [6, 6.07) is 12.4. The van der Waals surface area contributed by atoms with Crippen LogP contribution >= 0.6 is 0 Å². The van der Waals surface area contributed by atoms with E-state index in [0.717, 1.165) is 48.1 Å². The lowest BCUT2D eigenvalue weighted by atomic mass is 9.95. The standard InChI is InChI=1S/C26H28N2O5/c1-4-12-28-13-11-21-19(15-28)25(18-7-5-6-8-20(18)27-21)26(30)33-16-22(29)17-9-10-23(31-2)24(14-17)32-3/h5-10,14H,4,11-13,15-16H2,1-3H3. The highest BCUT2D eigenvalue weighted by Crippen LogP contribution is 2.30. The van der Waals surface area contributed by atoms with Crippen molar-refractivity contribution < 1.29 is 23.8 Å². The second kappa shape index (κ2) is 10.0. The molecule has 0 fully saturated rings. The molecule has 0 amide bonds. The van der Waals surface area contributed by atoms with Crippen LogP contribution in [0, 0.1) is 0 Å². The zero-order valence-electron chi connectivity index (χ0n) is 19.2. The molecule has 1 aliphatic rings. The van der Waals surface area contributed by atoms with Gasteiger partial charge in [-0.05, 0) is 37.2 Å². The highest BCUT2D eigenvalue weighted by Gasteiger charge is 2.27. The first-order valence-electron chi connectivity index (χ1n) is 11.1. The summed E-state index contributed by atoms with van der Waals surface area (Å²) in [7, 11) is 3.04. The largest absolute Gasteiger partial charge is 0.493 e. The smallest absolute Gasteiger partial charge is 0.339 e. The maximum absolute atomic E-state index is 13.3. The SMILES string of the molecule is CCCN1CCc2nc3ccccc3c(C(=O)OCC(=O)c3ccc(OC)c(OC)c3)c2C1. The second-order valence-electron chi connectivity index (χ2n) is 8.02. The van der Waals surface area contributed by atoms with Gasteiger partial charge in [0.15, 0.2) is 23.9 Å². The Hall–Kier alpha value is -3.45. The van der Waals surface area contributed by atoms with Gasteiger partial charge in [-0.25, -0.2) is 4.79 Å². The van der Waals surface area contributed by atoms with Crippen molar-refractivity contribution in [2.24, 2.45) is 0 Å². The van der Waals surface area contributed by atoms with Crippen LogP contribution in [0.5, 0.6) is 11.5 Å². The molecule has 0 aliphatic carbocycles. The predicted molar refractivity (Wildman–Crippen MR) is 125 cm³/mol. The number of fused-ring (bicyclic) bond motifs is 2. The zero-order valence-corrected chi connectivity index (χ0v) is 19.2. The molecule has 7 heteroatoms. The van der Waals surface area contributed by atoms with E-state index in [2.05, 4.69) is 11.8 Å². The van der Waals surface area contributed by atoms with Crippen LogP contribution in [0.1, 0.15) is 45.3 Å². The van der Waals surface area contributed by atoms with Crippen molar-refractivity contribution in [1.82, 2.24) is 9.88 Å². The summed E-state index contributed by atoms with van der Waals surface area (Å²) in [6.45, 7) is 4.30. The summed E-state index contributed by atoms with van der Waals surface area (Å²) in [4.78, 5) is 33.2. The van der Waals surface area contributed by atoms with Gasteiger partial charge in [-0.3, -0.25) is 14.7 Å². The first kappa shape index (κ1) is 22.7. The molecule has 0 saturated heterocycles. The van der Waals surface area contributed by atoms with Crippen LogP contribution in [0.2, 0.25) is 0 Å². The molecule has 0 saturated carbocycles. The van der Waals surface area contributed by atoms with Crippen LogP contribution in [0.15, 0.2) is 42.5 Å². The fourth-order valence-corrected chi connectivity index (χ4v) is 4.28. The van der Waals surface area contributed by atoms with E-state index in [1.54, 1.807) is 18.2 Å². The quantitative estimate of drug-likeness (QED) is 0.380. The third kappa shape index (κ3) is 4.68.